The molecule has 1 aromatic rings. The molecule has 2 N–H and O–H groups in total. The van der Waals surface area contributed by atoms with Gasteiger partial charge in [0, 0.05) is 6.07 Å². The maximum absolute atomic E-state index is 9.61. The van der Waals surface area contributed by atoms with Crippen molar-refractivity contribution in [2.24, 2.45) is 0 Å². The summed E-state index contributed by atoms with van der Waals surface area (Å²) in [6.45, 7) is 0.802. The van der Waals surface area contributed by atoms with E-state index in [1.807, 2.05) is 7.05 Å². The Bertz CT molecular complexity index is 315. The number of aromatic hydroxyl groups is 1. The van der Waals surface area contributed by atoms with Gasteiger partial charge in [0.1, 0.15) is 11.5 Å². The third kappa shape index (κ3) is 2.53. The van der Waals surface area contributed by atoms with Crippen molar-refractivity contribution in [2.75, 3.05) is 20.7 Å². The maximum Gasteiger partial charge on any atom is 0.141 e. The van der Waals surface area contributed by atoms with Crippen LogP contribution >= 0.6 is 11.6 Å². The predicted molar refractivity (Wildman–Crippen MR) is 57.3 cm³/mol. The lowest BCUT2D eigenvalue weighted by Gasteiger charge is -2.08. The van der Waals surface area contributed by atoms with Gasteiger partial charge in [-0.1, -0.05) is 11.6 Å². The van der Waals surface area contributed by atoms with Gasteiger partial charge in [-0.15, -0.1) is 0 Å². The first-order chi connectivity index (χ1) is 6.69. The van der Waals surface area contributed by atoms with Crippen molar-refractivity contribution in [2.45, 2.75) is 6.42 Å². The Morgan fingerprint density at radius 3 is 2.79 bits per heavy atom. The molecule has 0 aliphatic carbocycles. The highest BCUT2D eigenvalue weighted by Crippen LogP contribution is 2.31. The summed E-state index contributed by atoms with van der Waals surface area (Å²) in [6.07, 6.45) is 0.742. The highest BCUT2D eigenvalue weighted by molar-refractivity contribution is 6.32. The van der Waals surface area contributed by atoms with E-state index in [1.165, 1.54) is 13.2 Å². The smallest absolute Gasteiger partial charge is 0.141 e. The number of halogens is 1. The monoisotopic (exact) mass is 215 g/mol. The molecule has 1 aromatic carbocycles. The first-order valence-corrected chi connectivity index (χ1v) is 4.76. The molecule has 0 aliphatic heterocycles. The van der Waals surface area contributed by atoms with Gasteiger partial charge in [0.2, 0.25) is 0 Å². The molecule has 0 saturated carbocycles. The molecular weight excluding hydrogens is 202 g/mol. The Balaban J connectivity index is 2.90. The number of benzene rings is 1. The second kappa shape index (κ2) is 5.08. The van der Waals surface area contributed by atoms with Crippen molar-refractivity contribution >= 4 is 11.6 Å². The minimum Gasteiger partial charge on any atom is -0.508 e. The van der Waals surface area contributed by atoms with Crippen molar-refractivity contribution < 1.29 is 9.84 Å². The molecule has 1 rings (SSSR count). The molecule has 0 fully saturated rings. The van der Waals surface area contributed by atoms with Crippen LogP contribution in [0.3, 0.4) is 0 Å². The van der Waals surface area contributed by atoms with Gasteiger partial charge in [-0.3, -0.25) is 0 Å². The number of likely N-dealkylation sites (N-methyl/N-ethyl adjacent to an activating group) is 1. The molecule has 0 saturated heterocycles. The number of nitrogens with one attached hydrogen (secondary N) is 1. The SMILES string of the molecule is CNCCc1cc(Cl)c(OC)cc1O. The van der Waals surface area contributed by atoms with Crippen LogP contribution in [-0.4, -0.2) is 25.8 Å². The zero-order valence-electron chi connectivity index (χ0n) is 8.30. The van der Waals surface area contributed by atoms with E-state index in [2.05, 4.69) is 5.32 Å². The summed E-state index contributed by atoms with van der Waals surface area (Å²) in [5.41, 5.74) is 0.824. The second-order valence-corrected chi connectivity index (χ2v) is 3.38. The standard InChI is InChI=1S/C10H14ClNO2/c1-12-4-3-7-5-8(11)10(14-2)6-9(7)13/h5-6,12-13H,3-4H2,1-2H3. The topological polar surface area (TPSA) is 41.5 Å². The van der Waals surface area contributed by atoms with E-state index in [0.29, 0.717) is 10.8 Å². The van der Waals surface area contributed by atoms with Crippen LogP contribution in [0.2, 0.25) is 5.02 Å². The number of methoxy groups -OCH3 is 1. The maximum atomic E-state index is 9.61. The van der Waals surface area contributed by atoms with E-state index in [1.54, 1.807) is 6.07 Å². The predicted octanol–water partition coefficient (Wildman–Crippen LogP) is 1.82. The van der Waals surface area contributed by atoms with E-state index in [9.17, 15) is 5.11 Å². The molecule has 0 aromatic heterocycles. The molecule has 0 aliphatic rings. The quantitative estimate of drug-likeness (QED) is 0.805. The van der Waals surface area contributed by atoms with Crippen molar-refractivity contribution in [3.8, 4) is 11.5 Å². The first-order valence-electron chi connectivity index (χ1n) is 4.39. The summed E-state index contributed by atoms with van der Waals surface area (Å²) in [5.74, 6) is 0.721. The summed E-state index contributed by atoms with van der Waals surface area (Å²) >= 11 is 5.92. The van der Waals surface area contributed by atoms with Crippen molar-refractivity contribution in [1.29, 1.82) is 0 Å². The molecule has 0 amide bonds. The minimum absolute atomic E-state index is 0.224. The molecular formula is C10H14ClNO2. The third-order valence-corrected chi connectivity index (χ3v) is 2.29. The normalized spacial score (nSPS) is 10.2. The van der Waals surface area contributed by atoms with Gasteiger partial charge in [0.15, 0.2) is 0 Å². The zero-order chi connectivity index (χ0) is 10.6. The van der Waals surface area contributed by atoms with Gasteiger partial charge in [-0.05, 0) is 31.6 Å². The van der Waals surface area contributed by atoms with Gasteiger partial charge in [0.05, 0.1) is 12.1 Å². The number of phenolic OH excluding ortho intramolecular Hbond substituents is 1. The van der Waals surface area contributed by atoms with Crippen molar-refractivity contribution in [3.05, 3.63) is 22.7 Å². The van der Waals surface area contributed by atoms with Crippen LogP contribution in [0.25, 0.3) is 0 Å². The van der Waals surface area contributed by atoms with Crippen molar-refractivity contribution in [3.63, 3.8) is 0 Å². The Hall–Kier alpha value is -0.930. The fourth-order valence-electron chi connectivity index (χ4n) is 1.20. The molecule has 0 radical (unpaired) electrons. The zero-order valence-corrected chi connectivity index (χ0v) is 9.06. The fourth-order valence-corrected chi connectivity index (χ4v) is 1.46. The Morgan fingerprint density at radius 2 is 2.21 bits per heavy atom. The fraction of sp³-hybridized carbons (Fsp3) is 0.400. The largest absolute Gasteiger partial charge is 0.508 e. The lowest BCUT2D eigenvalue weighted by atomic mass is 10.1. The summed E-state index contributed by atoms with van der Waals surface area (Å²) in [4.78, 5) is 0. The van der Waals surface area contributed by atoms with Crippen LogP contribution < -0.4 is 10.1 Å². The minimum atomic E-state index is 0.224. The molecule has 3 nitrogen and oxygen atoms in total. The highest BCUT2D eigenvalue weighted by Gasteiger charge is 2.07. The molecule has 0 atom stereocenters. The molecule has 78 valence electrons. The van der Waals surface area contributed by atoms with Gasteiger partial charge in [-0.2, -0.15) is 0 Å². The summed E-state index contributed by atoms with van der Waals surface area (Å²) in [5, 5.41) is 13.1. The molecule has 0 bridgehead atoms. The third-order valence-electron chi connectivity index (χ3n) is 2.00. The van der Waals surface area contributed by atoms with E-state index in [4.69, 9.17) is 16.3 Å². The number of hydrogen-bond acceptors (Lipinski definition) is 3. The van der Waals surface area contributed by atoms with E-state index in [0.717, 1.165) is 18.5 Å². The first kappa shape index (κ1) is 11.1. The summed E-state index contributed by atoms with van der Waals surface area (Å²) < 4.78 is 4.98. The number of rotatable bonds is 4. The van der Waals surface area contributed by atoms with Crippen LogP contribution in [0, 0.1) is 0 Å². The Labute approximate surface area is 88.7 Å². The van der Waals surface area contributed by atoms with Crippen LogP contribution in [0.1, 0.15) is 5.56 Å². The van der Waals surface area contributed by atoms with Gasteiger partial charge in [-0.25, -0.2) is 0 Å². The Morgan fingerprint density at radius 1 is 1.50 bits per heavy atom. The number of phenols is 1. The summed E-state index contributed by atoms with van der Waals surface area (Å²) in [7, 11) is 3.39. The lowest BCUT2D eigenvalue weighted by Crippen LogP contribution is -2.10. The second-order valence-electron chi connectivity index (χ2n) is 2.97. The average Bonchev–Trinajstić information content (AvgIpc) is 2.18. The van der Waals surface area contributed by atoms with Crippen molar-refractivity contribution in [1.82, 2.24) is 5.32 Å². The molecule has 0 spiro atoms. The number of ether oxygens (including phenoxy) is 1. The average molecular weight is 216 g/mol. The van der Waals surface area contributed by atoms with Crippen LogP contribution in [0.4, 0.5) is 0 Å². The van der Waals surface area contributed by atoms with Crippen LogP contribution in [-0.2, 0) is 6.42 Å². The molecule has 0 heterocycles. The lowest BCUT2D eigenvalue weighted by molar-refractivity contribution is 0.406. The Kier molecular flexibility index (Phi) is 4.04. The van der Waals surface area contributed by atoms with Gasteiger partial charge in [0.25, 0.3) is 0 Å². The molecule has 0 unspecified atom stereocenters. The van der Waals surface area contributed by atoms with Crippen LogP contribution in [0.5, 0.6) is 11.5 Å². The summed E-state index contributed by atoms with van der Waals surface area (Å²) in [6, 6.07) is 3.26. The van der Waals surface area contributed by atoms with E-state index < -0.39 is 0 Å². The van der Waals surface area contributed by atoms with Crippen LogP contribution in [0.15, 0.2) is 12.1 Å². The molecule has 4 heteroatoms. The highest BCUT2D eigenvalue weighted by atomic mass is 35.5. The molecule has 14 heavy (non-hydrogen) atoms. The van der Waals surface area contributed by atoms with E-state index in [-0.39, 0.29) is 5.75 Å². The number of hydrogen-bond donors (Lipinski definition) is 2. The van der Waals surface area contributed by atoms with E-state index >= 15 is 0 Å². The van der Waals surface area contributed by atoms with Gasteiger partial charge >= 0.3 is 0 Å². The van der Waals surface area contributed by atoms with Gasteiger partial charge < -0.3 is 15.2 Å².